The van der Waals surface area contributed by atoms with Crippen molar-refractivity contribution in [2.75, 3.05) is 0 Å². The molecule has 0 aliphatic rings. The lowest BCUT2D eigenvalue weighted by Crippen LogP contribution is -2.34. The van der Waals surface area contributed by atoms with E-state index < -0.39 is 5.60 Å². The van der Waals surface area contributed by atoms with Crippen molar-refractivity contribution >= 4 is 10.8 Å². The van der Waals surface area contributed by atoms with Crippen molar-refractivity contribution in [1.82, 2.24) is 0 Å². The molecule has 0 heterocycles. The van der Waals surface area contributed by atoms with Gasteiger partial charge in [-0.05, 0) is 36.2 Å². The van der Waals surface area contributed by atoms with Crippen LogP contribution in [0.1, 0.15) is 25.5 Å². The highest BCUT2D eigenvalue weighted by molar-refractivity contribution is 5.83. The summed E-state index contributed by atoms with van der Waals surface area (Å²) in [5.74, 6) is 0. The quantitative estimate of drug-likeness (QED) is 0.809. The van der Waals surface area contributed by atoms with Crippen molar-refractivity contribution in [3.05, 3.63) is 48.0 Å². The molecule has 0 amide bonds. The molecule has 0 saturated heterocycles. The minimum absolute atomic E-state index is 0.364. The van der Waals surface area contributed by atoms with E-state index in [0.717, 1.165) is 10.9 Å². The molecule has 0 saturated carbocycles. The van der Waals surface area contributed by atoms with Gasteiger partial charge in [0.05, 0.1) is 11.6 Å². The summed E-state index contributed by atoms with van der Waals surface area (Å²) in [6, 6.07) is 13.8. The van der Waals surface area contributed by atoms with E-state index in [2.05, 4.69) is 12.1 Å². The predicted octanol–water partition coefficient (Wildman–Crippen LogP) is 2.61. The number of aliphatic hydroxyl groups is 1. The van der Waals surface area contributed by atoms with E-state index in [4.69, 9.17) is 5.73 Å². The highest BCUT2D eigenvalue weighted by Gasteiger charge is 2.24. The first kappa shape index (κ1) is 11.1. The zero-order valence-corrected chi connectivity index (χ0v) is 9.64. The molecule has 0 fully saturated rings. The summed E-state index contributed by atoms with van der Waals surface area (Å²) in [7, 11) is 0. The number of hydrogen-bond acceptors (Lipinski definition) is 2. The smallest absolute Gasteiger partial charge is 0.0783 e. The van der Waals surface area contributed by atoms with Crippen LogP contribution in [0.5, 0.6) is 0 Å². The van der Waals surface area contributed by atoms with Crippen LogP contribution in [0.4, 0.5) is 0 Å². The summed E-state index contributed by atoms with van der Waals surface area (Å²) in [6.07, 6.45) is 0. The second kappa shape index (κ2) is 3.89. The number of rotatable bonds is 2. The highest BCUT2D eigenvalue weighted by Crippen LogP contribution is 2.25. The fourth-order valence-corrected chi connectivity index (χ4v) is 1.81. The molecule has 3 N–H and O–H groups in total. The summed E-state index contributed by atoms with van der Waals surface area (Å²) < 4.78 is 0. The van der Waals surface area contributed by atoms with Crippen LogP contribution < -0.4 is 5.73 Å². The van der Waals surface area contributed by atoms with E-state index in [9.17, 15) is 5.11 Å². The largest absolute Gasteiger partial charge is 0.388 e. The molecule has 0 aromatic heterocycles. The molecule has 0 unspecified atom stereocenters. The van der Waals surface area contributed by atoms with Crippen LogP contribution in [0, 0.1) is 0 Å². The fourth-order valence-electron chi connectivity index (χ4n) is 1.81. The topological polar surface area (TPSA) is 46.2 Å². The van der Waals surface area contributed by atoms with Gasteiger partial charge in [-0.1, -0.05) is 36.4 Å². The van der Waals surface area contributed by atoms with Gasteiger partial charge in [-0.3, -0.25) is 0 Å². The molecule has 2 heteroatoms. The van der Waals surface area contributed by atoms with Gasteiger partial charge in [0.2, 0.25) is 0 Å². The van der Waals surface area contributed by atoms with Gasteiger partial charge in [0.25, 0.3) is 0 Å². The first-order chi connectivity index (χ1) is 7.48. The van der Waals surface area contributed by atoms with Crippen molar-refractivity contribution in [3.63, 3.8) is 0 Å². The number of hydrogen-bond donors (Lipinski definition) is 2. The van der Waals surface area contributed by atoms with E-state index in [1.807, 2.05) is 30.3 Å². The molecule has 0 radical (unpaired) electrons. The van der Waals surface area contributed by atoms with Gasteiger partial charge in [-0.25, -0.2) is 0 Å². The molecule has 0 aliphatic heterocycles. The zero-order valence-electron chi connectivity index (χ0n) is 9.64. The zero-order chi connectivity index (χ0) is 11.8. The Hall–Kier alpha value is -1.38. The monoisotopic (exact) mass is 215 g/mol. The van der Waals surface area contributed by atoms with Crippen molar-refractivity contribution in [2.45, 2.75) is 25.5 Å². The second-order valence-corrected chi connectivity index (χ2v) is 4.74. The van der Waals surface area contributed by atoms with Crippen LogP contribution in [0.25, 0.3) is 10.8 Å². The molecular formula is C14H17NO. The first-order valence-electron chi connectivity index (χ1n) is 5.45. The maximum absolute atomic E-state index is 9.89. The second-order valence-electron chi connectivity index (χ2n) is 4.74. The lowest BCUT2D eigenvalue weighted by molar-refractivity contribution is 0.0518. The molecule has 1 atom stereocenters. The van der Waals surface area contributed by atoms with Crippen LogP contribution in [-0.4, -0.2) is 10.7 Å². The summed E-state index contributed by atoms with van der Waals surface area (Å²) in [5.41, 5.74) is 6.08. The van der Waals surface area contributed by atoms with Gasteiger partial charge >= 0.3 is 0 Å². The van der Waals surface area contributed by atoms with E-state index in [1.54, 1.807) is 13.8 Å². The third kappa shape index (κ3) is 2.08. The van der Waals surface area contributed by atoms with Gasteiger partial charge < -0.3 is 10.8 Å². The lowest BCUT2D eigenvalue weighted by atomic mass is 9.91. The minimum Gasteiger partial charge on any atom is -0.388 e. The number of fused-ring (bicyclic) bond motifs is 1. The fraction of sp³-hybridized carbons (Fsp3) is 0.286. The Balaban J connectivity index is 2.47. The van der Waals surface area contributed by atoms with Gasteiger partial charge in [0.1, 0.15) is 0 Å². The van der Waals surface area contributed by atoms with E-state index in [1.165, 1.54) is 5.39 Å². The van der Waals surface area contributed by atoms with Gasteiger partial charge in [0.15, 0.2) is 0 Å². The maximum atomic E-state index is 9.89. The number of benzene rings is 2. The maximum Gasteiger partial charge on any atom is 0.0783 e. The van der Waals surface area contributed by atoms with Crippen LogP contribution in [0.2, 0.25) is 0 Å². The highest BCUT2D eigenvalue weighted by atomic mass is 16.3. The molecule has 2 aromatic carbocycles. The predicted molar refractivity (Wildman–Crippen MR) is 67.2 cm³/mol. The summed E-state index contributed by atoms with van der Waals surface area (Å²) in [4.78, 5) is 0. The van der Waals surface area contributed by atoms with Crippen LogP contribution in [0.15, 0.2) is 42.5 Å². The Bertz CT molecular complexity index is 499. The molecule has 0 aliphatic carbocycles. The standard InChI is InChI=1S/C14H17NO/c1-14(2,16)13(15)12-8-7-10-5-3-4-6-11(10)9-12/h3-9,13,16H,15H2,1-2H3/t13-/m0/s1. The molecule has 0 bridgehead atoms. The van der Waals surface area contributed by atoms with Crippen LogP contribution >= 0.6 is 0 Å². The molecule has 2 rings (SSSR count). The Morgan fingerprint density at radius 3 is 2.31 bits per heavy atom. The minimum atomic E-state index is -0.900. The summed E-state index contributed by atoms with van der Waals surface area (Å²) >= 11 is 0. The van der Waals surface area contributed by atoms with Gasteiger partial charge in [-0.15, -0.1) is 0 Å². The van der Waals surface area contributed by atoms with Crippen molar-refractivity contribution < 1.29 is 5.11 Å². The SMILES string of the molecule is CC(C)(O)[C@@H](N)c1ccc2ccccc2c1. The van der Waals surface area contributed by atoms with Gasteiger partial charge in [0, 0.05) is 0 Å². The van der Waals surface area contributed by atoms with Crippen LogP contribution in [-0.2, 0) is 0 Å². The Kier molecular flexibility index (Phi) is 2.70. The molecule has 84 valence electrons. The third-order valence-corrected chi connectivity index (χ3v) is 2.89. The van der Waals surface area contributed by atoms with Crippen molar-refractivity contribution in [2.24, 2.45) is 5.73 Å². The first-order valence-corrected chi connectivity index (χ1v) is 5.45. The van der Waals surface area contributed by atoms with E-state index in [-0.39, 0.29) is 6.04 Å². The number of nitrogens with two attached hydrogens (primary N) is 1. The summed E-state index contributed by atoms with van der Waals surface area (Å²) in [5, 5.41) is 12.2. The van der Waals surface area contributed by atoms with Crippen molar-refractivity contribution in [3.8, 4) is 0 Å². The molecule has 2 nitrogen and oxygen atoms in total. The Morgan fingerprint density at radius 2 is 1.69 bits per heavy atom. The third-order valence-electron chi connectivity index (χ3n) is 2.89. The van der Waals surface area contributed by atoms with Gasteiger partial charge in [-0.2, -0.15) is 0 Å². The Labute approximate surface area is 95.7 Å². The van der Waals surface area contributed by atoms with Crippen molar-refractivity contribution in [1.29, 1.82) is 0 Å². The van der Waals surface area contributed by atoms with E-state index in [0.29, 0.717) is 0 Å². The average molecular weight is 215 g/mol. The normalized spacial score (nSPS) is 14.0. The molecule has 2 aromatic rings. The average Bonchev–Trinajstić information content (AvgIpc) is 2.26. The van der Waals surface area contributed by atoms with Crippen LogP contribution in [0.3, 0.4) is 0 Å². The summed E-state index contributed by atoms with van der Waals surface area (Å²) in [6.45, 7) is 3.46. The molecular weight excluding hydrogens is 198 g/mol. The molecule has 16 heavy (non-hydrogen) atoms. The molecule has 0 spiro atoms. The Morgan fingerprint density at radius 1 is 1.06 bits per heavy atom. The lowest BCUT2D eigenvalue weighted by Gasteiger charge is -2.26. The van der Waals surface area contributed by atoms with E-state index >= 15 is 0 Å².